The zero-order chi connectivity index (χ0) is 9.68. The van der Waals surface area contributed by atoms with E-state index in [1.54, 1.807) is 0 Å². The Kier molecular flexibility index (Phi) is 4.74. The Labute approximate surface area is 82.7 Å². The van der Waals surface area contributed by atoms with Crippen molar-refractivity contribution in [2.45, 2.75) is 51.6 Å². The molecule has 2 unspecified atom stereocenters. The van der Waals surface area contributed by atoms with Crippen molar-refractivity contribution < 1.29 is 0 Å². The van der Waals surface area contributed by atoms with Gasteiger partial charge in [0.15, 0.2) is 0 Å². The second kappa shape index (κ2) is 5.61. The van der Waals surface area contributed by atoms with E-state index < -0.39 is 0 Å². The Bertz CT molecular complexity index is 134. The average molecular weight is 184 g/mol. The molecule has 1 aliphatic heterocycles. The van der Waals surface area contributed by atoms with E-state index in [0.29, 0.717) is 0 Å². The molecule has 2 fully saturated rings. The monoisotopic (exact) mass is 184 g/mol. The van der Waals surface area contributed by atoms with E-state index in [1.165, 1.54) is 38.8 Å². The highest BCUT2D eigenvalue weighted by Gasteiger charge is 2.30. The van der Waals surface area contributed by atoms with E-state index in [1.807, 2.05) is 13.8 Å². The minimum Gasteiger partial charge on any atom is -0.311 e. The molecule has 0 aromatic heterocycles. The Hall–Kier alpha value is -0.0800. The van der Waals surface area contributed by atoms with Gasteiger partial charge in [-0.3, -0.25) is 0 Å². The summed E-state index contributed by atoms with van der Waals surface area (Å²) < 4.78 is 0. The van der Waals surface area contributed by atoms with Crippen molar-refractivity contribution in [1.82, 2.24) is 10.2 Å². The summed E-state index contributed by atoms with van der Waals surface area (Å²) in [7, 11) is 2.27. The van der Waals surface area contributed by atoms with E-state index in [-0.39, 0.29) is 0 Å². The quantitative estimate of drug-likeness (QED) is 0.618. The van der Waals surface area contributed by atoms with E-state index in [0.717, 1.165) is 12.1 Å². The van der Waals surface area contributed by atoms with Gasteiger partial charge in [0.25, 0.3) is 0 Å². The molecule has 1 saturated carbocycles. The first-order valence-electron chi connectivity index (χ1n) is 5.81. The molecule has 2 heteroatoms. The van der Waals surface area contributed by atoms with Crippen molar-refractivity contribution in [2.75, 3.05) is 20.1 Å². The molecule has 1 heterocycles. The van der Waals surface area contributed by atoms with E-state index in [2.05, 4.69) is 17.3 Å². The second-order valence-corrected chi connectivity index (χ2v) is 3.89. The minimum atomic E-state index is 0.808. The molecule has 1 saturated heterocycles. The Balaban J connectivity index is 0.000000396. The number of nitrogens with one attached hydrogen (secondary N) is 1. The van der Waals surface area contributed by atoms with Crippen LogP contribution in [0.15, 0.2) is 0 Å². The number of likely N-dealkylation sites (N-methyl/N-ethyl adjacent to an activating group) is 1. The molecule has 1 N–H and O–H groups in total. The number of hydrogen-bond acceptors (Lipinski definition) is 2. The maximum absolute atomic E-state index is 3.61. The van der Waals surface area contributed by atoms with Gasteiger partial charge in [-0.2, -0.15) is 0 Å². The van der Waals surface area contributed by atoms with Crippen LogP contribution in [0.3, 0.4) is 0 Å². The first kappa shape index (κ1) is 11.0. The molecule has 2 aliphatic rings. The lowest BCUT2D eigenvalue weighted by molar-refractivity contribution is 0.114. The van der Waals surface area contributed by atoms with Crippen LogP contribution in [0.4, 0.5) is 0 Å². The highest BCUT2D eigenvalue weighted by Crippen LogP contribution is 2.23. The zero-order valence-corrected chi connectivity index (χ0v) is 9.34. The van der Waals surface area contributed by atoms with Crippen LogP contribution in [0.25, 0.3) is 0 Å². The highest BCUT2D eigenvalue weighted by atomic mass is 15.2. The minimum absolute atomic E-state index is 0.808. The first-order valence-corrected chi connectivity index (χ1v) is 5.81. The number of hydrogen-bond donors (Lipinski definition) is 1. The van der Waals surface area contributed by atoms with Gasteiger partial charge in [0.2, 0.25) is 0 Å². The summed E-state index contributed by atoms with van der Waals surface area (Å²) in [5.41, 5.74) is 0. The maximum atomic E-state index is 3.61. The zero-order valence-electron chi connectivity index (χ0n) is 9.34. The predicted octanol–water partition coefficient (Wildman–Crippen LogP) is 1.86. The number of rotatable bonds is 0. The van der Waals surface area contributed by atoms with Gasteiger partial charge in [-0.05, 0) is 19.9 Å². The van der Waals surface area contributed by atoms with Gasteiger partial charge in [0.1, 0.15) is 0 Å². The van der Waals surface area contributed by atoms with E-state index >= 15 is 0 Å². The summed E-state index contributed by atoms with van der Waals surface area (Å²) >= 11 is 0. The molecule has 13 heavy (non-hydrogen) atoms. The molecular weight excluding hydrogens is 160 g/mol. The maximum Gasteiger partial charge on any atom is 0.0246 e. The Morgan fingerprint density at radius 1 is 1.15 bits per heavy atom. The molecule has 2 rings (SSSR count). The van der Waals surface area contributed by atoms with Crippen molar-refractivity contribution in [3.05, 3.63) is 0 Å². The molecular formula is C11H24N2. The smallest absolute Gasteiger partial charge is 0.0246 e. The van der Waals surface area contributed by atoms with Crippen LogP contribution in [0.1, 0.15) is 39.5 Å². The molecule has 0 spiro atoms. The van der Waals surface area contributed by atoms with Crippen molar-refractivity contribution in [1.29, 1.82) is 0 Å². The first-order chi connectivity index (χ1) is 6.38. The second-order valence-electron chi connectivity index (χ2n) is 3.89. The summed E-state index contributed by atoms with van der Waals surface area (Å²) in [5.74, 6) is 0. The number of fused-ring (bicyclic) bond motifs is 1. The molecule has 0 bridgehead atoms. The summed E-state index contributed by atoms with van der Waals surface area (Å²) in [5, 5.41) is 3.61. The molecule has 78 valence electrons. The van der Waals surface area contributed by atoms with E-state index in [9.17, 15) is 0 Å². The lowest BCUT2D eigenvalue weighted by atomic mass is 9.88. The number of piperazine rings is 1. The van der Waals surface area contributed by atoms with Gasteiger partial charge in [-0.25, -0.2) is 0 Å². The van der Waals surface area contributed by atoms with Crippen LogP contribution in [0.5, 0.6) is 0 Å². The largest absolute Gasteiger partial charge is 0.311 e. The van der Waals surface area contributed by atoms with Crippen molar-refractivity contribution in [2.24, 2.45) is 0 Å². The van der Waals surface area contributed by atoms with Crippen molar-refractivity contribution in [3.8, 4) is 0 Å². The summed E-state index contributed by atoms with van der Waals surface area (Å²) in [6.07, 6.45) is 5.68. The fourth-order valence-electron chi connectivity index (χ4n) is 2.47. The molecule has 0 aromatic carbocycles. The van der Waals surface area contributed by atoms with Crippen LogP contribution in [0.2, 0.25) is 0 Å². The molecule has 0 radical (unpaired) electrons. The lowest BCUT2D eigenvalue weighted by Gasteiger charge is -2.42. The standard InChI is InChI=1S/C9H18N2.C2H6/c1-11-7-6-10-8-4-2-3-5-9(8)11;1-2/h8-10H,2-7H2,1H3;1-2H3. The fourth-order valence-corrected chi connectivity index (χ4v) is 2.47. The van der Waals surface area contributed by atoms with Gasteiger partial charge >= 0.3 is 0 Å². The van der Waals surface area contributed by atoms with Crippen molar-refractivity contribution >= 4 is 0 Å². The predicted molar refractivity (Wildman–Crippen MR) is 58.0 cm³/mol. The van der Waals surface area contributed by atoms with Gasteiger partial charge < -0.3 is 10.2 Å². The topological polar surface area (TPSA) is 15.3 Å². The lowest BCUT2D eigenvalue weighted by Crippen LogP contribution is -2.57. The van der Waals surface area contributed by atoms with Crippen LogP contribution in [-0.4, -0.2) is 37.1 Å². The fraction of sp³-hybridized carbons (Fsp3) is 1.00. The molecule has 0 amide bonds. The van der Waals surface area contributed by atoms with Crippen LogP contribution in [0, 0.1) is 0 Å². The Morgan fingerprint density at radius 3 is 2.54 bits per heavy atom. The van der Waals surface area contributed by atoms with Gasteiger partial charge in [0.05, 0.1) is 0 Å². The summed E-state index contributed by atoms with van der Waals surface area (Å²) in [4.78, 5) is 2.53. The molecule has 2 nitrogen and oxygen atoms in total. The molecule has 2 atom stereocenters. The third kappa shape index (κ3) is 2.68. The van der Waals surface area contributed by atoms with Gasteiger partial charge in [-0.15, -0.1) is 0 Å². The Morgan fingerprint density at radius 2 is 1.85 bits per heavy atom. The van der Waals surface area contributed by atoms with Crippen LogP contribution >= 0.6 is 0 Å². The third-order valence-corrected chi connectivity index (χ3v) is 3.17. The van der Waals surface area contributed by atoms with Gasteiger partial charge in [0, 0.05) is 25.2 Å². The number of nitrogens with zero attached hydrogens (tertiary/aromatic N) is 1. The van der Waals surface area contributed by atoms with Crippen LogP contribution in [-0.2, 0) is 0 Å². The van der Waals surface area contributed by atoms with Crippen molar-refractivity contribution in [3.63, 3.8) is 0 Å². The van der Waals surface area contributed by atoms with E-state index in [4.69, 9.17) is 0 Å². The average Bonchev–Trinajstić information content (AvgIpc) is 2.22. The molecule has 1 aliphatic carbocycles. The summed E-state index contributed by atoms with van der Waals surface area (Å²) in [6, 6.07) is 1.65. The molecule has 0 aromatic rings. The summed E-state index contributed by atoms with van der Waals surface area (Å²) in [6.45, 7) is 6.43. The van der Waals surface area contributed by atoms with Gasteiger partial charge in [-0.1, -0.05) is 26.7 Å². The SMILES string of the molecule is CC.CN1CCNC2CCCCC21. The highest BCUT2D eigenvalue weighted by molar-refractivity contribution is 4.90. The third-order valence-electron chi connectivity index (χ3n) is 3.17. The normalized spacial score (nSPS) is 34.4. The van der Waals surface area contributed by atoms with Crippen LogP contribution < -0.4 is 5.32 Å².